The van der Waals surface area contributed by atoms with Crippen LogP contribution in [0.1, 0.15) is 54.1 Å². The summed E-state index contributed by atoms with van der Waals surface area (Å²) in [6, 6.07) is 3.64. The number of carbonyl (C=O) groups excluding carboxylic acids is 2. The molecular formula is C21H29N3O4. The van der Waals surface area contributed by atoms with E-state index in [1.807, 2.05) is 10.6 Å². The van der Waals surface area contributed by atoms with Gasteiger partial charge in [-0.3, -0.25) is 14.4 Å². The van der Waals surface area contributed by atoms with E-state index in [1.165, 1.54) is 7.11 Å². The van der Waals surface area contributed by atoms with E-state index >= 15 is 0 Å². The van der Waals surface area contributed by atoms with Crippen molar-refractivity contribution in [3.63, 3.8) is 0 Å². The molecule has 0 aromatic carbocycles. The first-order valence-electron chi connectivity index (χ1n) is 10.4. The fraction of sp³-hybridized carbons (Fsp3) is 0.667. The summed E-state index contributed by atoms with van der Waals surface area (Å²) in [5.41, 5.74) is 1.12. The number of rotatable bonds is 4. The van der Waals surface area contributed by atoms with Crippen LogP contribution in [0.25, 0.3) is 0 Å². The lowest BCUT2D eigenvalue weighted by atomic mass is 9.82. The lowest BCUT2D eigenvalue weighted by molar-refractivity contribution is -0.146. The van der Waals surface area contributed by atoms with E-state index in [2.05, 4.69) is 10.6 Å². The maximum absolute atomic E-state index is 12.9. The quantitative estimate of drug-likeness (QED) is 0.760. The molecule has 3 aliphatic rings. The highest BCUT2D eigenvalue weighted by Gasteiger charge is 2.32. The Bertz CT molecular complexity index is 810. The van der Waals surface area contributed by atoms with Crippen LogP contribution in [-0.2, 0) is 16.1 Å². The molecule has 152 valence electrons. The van der Waals surface area contributed by atoms with Crippen molar-refractivity contribution in [2.45, 2.75) is 44.6 Å². The second-order valence-corrected chi connectivity index (χ2v) is 8.50. The average Bonchev–Trinajstić information content (AvgIpc) is 2.73. The van der Waals surface area contributed by atoms with Gasteiger partial charge in [0, 0.05) is 31.2 Å². The molecule has 1 saturated carbocycles. The summed E-state index contributed by atoms with van der Waals surface area (Å²) >= 11 is 0. The molecule has 7 heteroatoms. The van der Waals surface area contributed by atoms with Crippen molar-refractivity contribution in [3.05, 3.63) is 33.7 Å². The Morgan fingerprint density at radius 2 is 2.00 bits per heavy atom. The van der Waals surface area contributed by atoms with Crippen molar-refractivity contribution in [3.8, 4) is 0 Å². The molecule has 2 atom stereocenters. The van der Waals surface area contributed by atoms with Gasteiger partial charge in [-0.25, -0.2) is 0 Å². The van der Waals surface area contributed by atoms with Gasteiger partial charge < -0.3 is 19.9 Å². The van der Waals surface area contributed by atoms with E-state index in [-0.39, 0.29) is 28.9 Å². The zero-order valence-corrected chi connectivity index (χ0v) is 16.4. The number of pyridine rings is 1. The lowest BCUT2D eigenvalue weighted by Gasteiger charge is -2.37. The highest BCUT2D eigenvalue weighted by molar-refractivity contribution is 5.93. The number of methoxy groups -OCH3 is 1. The van der Waals surface area contributed by atoms with Gasteiger partial charge in [0.2, 0.25) is 0 Å². The summed E-state index contributed by atoms with van der Waals surface area (Å²) in [5, 5.41) is 6.38. The topological polar surface area (TPSA) is 89.4 Å². The van der Waals surface area contributed by atoms with Gasteiger partial charge >= 0.3 is 5.97 Å². The number of nitrogens with zero attached hydrogens (tertiary/aromatic N) is 1. The molecule has 3 heterocycles. The summed E-state index contributed by atoms with van der Waals surface area (Å²) in [7, 11) is 1.43. The molecule has 1 amide bonds. The molecule has 7 nitrogen and oxygen atoms in total. The third-order valence-electron chi connectivity index (χ3n) is 6.69. The van der Waals surface area contributed by atoms with Crippen molar-refractivity contribution in [2.75, 3.05) is 26.7 Å². The molecule has 4 rings (SSSR count). The van der Waals surface area contributed by atoms with Gasteiger partial charge in [0.25, 0.3) is 11.5 Å². The summed E-state index contributed by atoms with van der Waals surface area (Å²) in [4.78, 5) is 37.2. The van der Waals surface area contributed by atoms with Gasteiger partial charge in [0.05, 0.1) is 13.0 Å². The van der Waals surface area contributed by atoms with Crippen LogP contribution in [-0.4, -0.2) is 43.2 Å². The average molecular weight is 387 g/mol. The van der Waals surface area contributed by atoms with Crippen molar-refractivity contribution < 1.29 is 14.3 Å². The molecule has 1 aliphatic carbocycles. The molecule has 1 aromatic rings. The van der Waals surface area contributed by atoms with Gasteiger partial charge in [0.15, 0.2) is 0 Å². The van der Waals surface area contributed by atoms with Gasteiger partial charge in [-0.05, 0) is 62.6 Å². The number of hydrogen-bond donors (Lipinski definition) is 2. The van der Waals surface area contributed by atoms with Crippen LogP contribution in [0, 0.1) is 17.8 Å². The smallest absolute Gasteiger partial charge is 0.308 e. The molecule has 0 unspecified atom stereocenters. The molecule has 1 saturated heterocycles. The highest BCUT2D eigenvalue weighted by atomic mass is 16.5. The van der Waals surface area contributed by atoms with Crippen LogP contribution in [0.15, 0.2) is 16.9 Å². The van der Waals surface area contributed by atoms with Crippen LogP contribution < -0.4 is 16.2 Å². The molecule has 1 aromatic heterocycles. The number of amides is 1. The van der Waals surface area contributed by atoms with E-state index in [0.717, 1.165) is 50.9 Å². The number of nitrogens with one attached hydrogen (secondary N) is 2. The minimum Gasteiger partial charge on any atom is -0.469 e. The number of fused-ring (bicyclic) bond motifs is 4. The SMILES string of the molecule is COC(=O)C1CCC(CNC(=O)c2ccc3n(c2=O)C[C@@H]2CNC[C@H]3C2)CC1. The Hall–Kier alpha value is -2.15. The Labute approximate surface area is 164 Å². The Morgan fingerprint density at radius 1 is 1.21 bits per heavy atom. The van der Waals surface area contributed by atoms with Crippen LogP contribution in [0.4, 0.5) is 0 Å². The third-order valence-corrected chi connectivity index (χ3v) is 6.69. The van der Waals surface area contributed by atoms with Crippen molar-refractivity contribution in [2.24, 2.45) is 17.8 Å². The van der Waals surface area contributed by atoms with Crippen molar-refractivity contribution in [1.29, 1.82) is 0 Å². The van der Waals surface area contributed by atoms with Crippen LogP contribution in [0.2, 0.25) is 0 Å². The number of carbonyl (C=O) groups is 2. The van der Waals surface area contributed by atoms with E-state index < -0.39 is 0 Å². The number of aromatic nitrogens is 1. The van der Waals surface area contributed by atoms with Gasteiger partial charge in [-0.1, -0.05) is 0 Å². The van der Waals surface area contributed by atoms with Crippen LogP contribution in [0.3, 0.4) is 0 Å². The molecular weight excluding hydrogens is 358 g/mol. The lowest BCUT2D eigenvalue weighted by Crippen LogP contribution is -2.46. The van der Waals surface area contributed by atoms with E-state index in [4.69, 9.17) is 4.74 Å². The minimum atomic E-state index is -0.288. The largest absolute Gasteiger partial charge is 0.469 e. The maximum atomic E-state index is 12.9. The third kappa shape index (κ3) is 3.72. The normalized spacial score (nSPS) is 28.9. The van der Waals surface area contributed by atoms with Gasteiger partial charge in [0.1, 0.15) is 5.56 Å². The van der Waals surface area contributed by atoms with E-state index in [1.54, 1.807) is 6.07 Å². The first kappa shape index (κ1) is 19.2. The van der Waals surface area contributed by atoms with Crippen molar-refractivity contribution in [1.82, 2.24) is 15.2 Å². The zero-order chi connectivity index (χ0) is 19.7. The maximum Gasteiger partial charge on any atom is 0.308 e. The molecule has 28 heavy (non-hydrogen) atoms. The molecule has 2 bridgehead atoms. The molecule has 0 radical (unpaired) electrons. The predicted molar refractivity (Wildman–Crippen MR) is 104 cm³/mol. The summed E-state index contributed by atoms with van der Waals surface area (Å²) < 4.78 is 6.63. The number of piperidine rings is 1. The standard InChI is InChI=1S/C21H29N3O4/c1-28-21(27)15-4-2-13(3-5-15)10-23-19(25)17-6-7-18-16-8-14(9-22-11-16)12-24(18)20(17)26/h6-7,13-16,22H,2-5,8-12H2,1H3,(H,23,25)/t13?,14-,15?,16+/m0/s1. The summed E-state index contributed by atoms with van der Waals surface area (Å²) in [6.45, 7) is 3.07. The number of hydrogen-bond acceptors (Lipinski definition) is 5. The Morgan fingerprint density at radius 3 is 2.75 bits per heavy atom. The van der Waals surface area contributed by atoms with E-state index in [0.29, 0.717) is 30.8 Å². The second-order valence-electron chi connectivity index (χ2n) is 8.50. The zero-order valence-electron chi connectivity index (χ0n) is 16.4. The van der Waals surface area contributed by atoms with Gasteiger partial charge in [-0.15, -0.1) is 0 Å². The monoisotopic (exact) mass is 387 g/mol. The van der Waals surface area contributed by atoms with Crippen LogP contribution in [0.5, 0.6) is 0 Å². The predicted octanol–water partition coefficient (Wildman–Crippen LogP) is 1.26. The minimum absolute atomic E-state index is 0.0174. The van der Waals surface area contributed by atoms with Crippen LogP contribution >= 0.6 is 0 Å². The number of ether oxygens (including phenoxy) is 1. The Balaban J connectivity index is 1.38. The Kier molecular flexibility index (Phi) is 5.53. The molecule has 2 aliphatic heterocycles. The molecule has 0 spiro atoms. The number of esters is 1. The van der Waals surface area contributed by atoms with Crippen molar-refractivity contribution >= 4 is 11.9 Å². The summed E-state index contributed by atoms with van der Waals surface area (Å²) in [6.07, 6.45) is 4.49. The summed E-state index contributed by atoms with van der Waals surface area (Å²) in [5.74, 6) is 0.732. The molecule has 2 N–H and O–H groups in total. The second kappa shape index (κ2) is 8.07. The van der Waals surface area contributed by atoms with Gasteiger partial charge in [-0.2, -0.15) is 0 Å². The fourth-order valence-electron chi connectivity index (χ4n) is 5.06. The van der Waals surface area contributed by atoms with E-state index in [9.17, 15) is 14.4 Å². The molecule has 2 fully saturated rings. The first-order valence-corrected chi connectivity index (χ1v) is 10.4. The first-order chi connectivity index (χ1) is 13.6. The highest BCUT2D eigenvalue weighted by Crippen LogP contribution is 2.32. The fourth-order valence-corrected chi connectivity index (χ4v) is 5.06.